The molecule has 0 bridgehead atoms. The highest BCUT2D eigenvalue weighted by molar-refractivity contribution is 5.54. The molecular weight excluding hydrogens is 290 g/mol. The zero-order valence-electron chi connectivity index (χ0n) is 13.3. The maximum atomic E-state index is 9.21. The van der Waals surface area contributed by atoms with Gasteiger partial charge < -0.3 is 14.5 Å². The van der Waals surface area contributed by atoms with Crippen molar-refractivity contribution in [3.05, 3.63) is 42.4 Å². The van der Waals surface area contributed by atoms with Crippen molar-refractivity contribution in [3.63, 3.8) is 0 Å². The molecule has 23 heavy (non-hydrogen) atoms. The van der Waals surface area contributed by atoms with Crippen LogP contribution >= 0.6 is 0 Å². The van der Waals surface area contributed by atoms with Crippen molar-refractivity contribution in [1.29, 1.82) is 5.26 Å². The lowest BCUT2D eigenvalue weighted by Crippen LogP contribution is -2.52. The number of methoxy groups -OCH3 is 1. The van der Waals surface area contributed by atoms with Gasteiger partial charge in [-0.15, -0.1) is 0 Å². The van der Waals surface area contributed by atoms with Crippen LogP contribution in [-0.2, 0) is 0 Å². The molecule has 1 aromatic carbocycles. The van der Waals surface area contributed by atoms with Crippen LogP contribution in [0.5, 0.6) is 5.75 Å². The summed E-state index contributed by atoms with van der Waals surface area (Å²) in [6, 6.07) is 10.5. The number of benzene rings is 1. The summed E-state index contributed by atoms with van der Waals surface area (Å²) in [6.07, 6.45) is 3.19. The van der Waals surface area contributed by atoms with E-state index in [1.54, 1.807) is 19.5 Å². The molecular formula is C17H19N5O. The predicted octanol–water partition coefficient (Wildman–Crippen LogP) is 2.07. The highest BCUT2D eigenvalue weighted by Crippen LogP contribution is 2.25. The average molecular weight is 309 g/mol. The third kappa shape index (κ3) is 3.04. The number of hydrogen-bond acceptors (Lipinski definition) is 6. The van der Waals surface area contributed by atoms with Gasteiger partial charge in [-0.3, -0.25) is 0 Å². The molecule has 0 amide bonds. The summed E-state index contributed by atoms with van der Waals surface area (Å²) in [5, 5.41) is 9.21. The van der Waals surface area contributed by atoms with Gasteiger partial charge in [-0.25, -0.2) is 9.97 Å². The molecule has 2 heterocycles. The van der Waals surface area contributed by atoms with E-state index in [4.69, 9.17) is 4.74 Å². The van der Waals surface area contributed by atoms with Crippen LogP contribution in [0.1, 0.15) is 12.6 Å². The number of rotatable bonds is 3. The first kappa shape index (κ1) is 15.1. The highest BCUT2D eigenvalue weighted by Gasteiger charge is 2.26. The number of piperazine rings is 1. The van der Waals surface area contributed by atoms with Crippen molar-refractivity contribution in [2.75, 3.05) is 36.5 Å². The molecule has 0 spiro atoms. The second-order valence-electron chi connectivity index (χ2n) is 5.53. The first-order chi connectivity index (χ1) is 11.2. The summed E-state index contributed by atoms with van der Waals surface area (Å²) in [4.78, 5) is 13.0. The summed E-state index contributed by atoms with van der Waals surface area (Å²) in [7, 11) is 1.67. The third-order valence-corrected chi connectivity index (χ3v) is 4.12. The van der Waals surface area contributed by atoms with Gasteiger partial charge in [0, 0.05) is 43.8 Å². The fourth-order valence-electron chi connectivity index (χ4n) is 2.92. The standard InChI is InChI=1S/C17H19N5O/c1-13-12-21(14-3-5-15(23-2)6-4-14)9-10-22(13)17-16(11-18)19-7-8-20-17/h3-8,13H,9-10,12H2,1-2H3. The van der Waals surface area contributed by atoms with Gasteiger partial charge in [-0.05, 0) is 31.2 Å². The van der Waals surface area contributed by atoms with E-state index in [9.17, 15) is 5.26 Å². The van der Waals surface area contributed by atoms with E-state index in [0.717, 1.165) is 25.4 Å². The fourth-order valence-corrected chi connectivity index (χ4v) is 2.92. The maximum absolute atomic E-state index is 9.21. The van der Waals surface area contributed by atoms with E-state index >= 15 is 0 Å². The second kappa shape index (κ2) is 6.53. The normalized spacial score (nSPS) is 17.7. The van der Waals surface area contributed by atoms with Gasteiger partial charge in [0.25, 0.3) is 0 Å². The minimum absolute atomic E-state index is 0.245. The van der Waals surface area contributed by atoms with E-state index in [-0.39, 0.29) is 6.04 Å². The minimum atomic E-state index is 0.245. The van der Waals surface area contributed by atoms with Crippen LogP contribution in [0.3, 0.4) is 0 Å². The van der Waals surface area contributed by atoms with Gasteiger partial charge in [-0.1, -0.05) is 0 Å². The van der Waals surface area contributed by atoms with Gasteiger partial charge in [-0.2, -0.15) is 5.26 Å². The molecule has 3 rings (SSSR count). The summed E-state index contributed by atoms with van der Waals surface area (Å²) in [6.45, 7) is 4.69. The molecule has 1 atom stereocenters. The van der Waals surface area contributed by atoms with Crippen molar-refractivity contribution >= 4 is 11.5 Å². The molecule has 0 saturated carbocycles. The number of ether oxygens (including phenoxy) is 1. The number of nitriles is 1. The van der Waals surface area contributed by atoms with Crippen LogP contribution < -0.4 is 14.5 Å². The molecule has 118 valence electrons. The Morgan fingerprint density at radius 3 is 2.57 bits per heavy atom. The Bertz CT molecular complexity index is 710. The predicted molar refractivity (Wildman–Crippen MR) is 88.8 cm³/mol. The van der Waals surface area contributed by atoms with Crippen LogP contribution in [-0.4, -0.2) is 42.8 Å². The Morgan fingerprint density at radius 1 is 1.17 bits per heavy atom. The molecule has 0 aliphatic carbocycles. The van der Waals surface area contributed by atoms with Gasteiger partial charge in [0.05, 0.1) is 7.11 Å². The Balaban J connectivity index is 1.75. The summed E-state index contributed by atoms with van der Waals surface area (Å²) in [5.74, 6) is 1.54. The topological polar surface area (TPSA) is 65.3 Å². The molecule has 1 unspecified atom stereocenters. The zero-order chi connectivity index (χ0) is 16.2. The molecule has 0 N–H and O–H groups in total. The molecule has 1 aromatic heterocycles. The van der Waals surface area contributed by atoms with Crippen LogP contribution in [0.4, 0.5) is 11.5 Å². The Morgan fingerprint density at radius 2 is 1.91 bits per heavy atom. The van der Waals surface area contributed by atoms with Gasteiger partial charge in [0.2, 0.25) is 0 Å². The van der Waals surface area contributed by atoms with Crippen LogP contribution in [0.25, 0.3) is 0 Å². The Kier molecular flexibility index (Phi) is 4.29. The van der Waals surface area contributed by atoms with Crippen molar-refractivity contribution in [2.45, 2.75) is 13.0 Å². The van der Waals surface area contributed by atoms with Gasteiger partial charge >= 0.3 is 0 Å². The molecule has 2 aromatic rings. The largest absolute Gasteiger partial charge is 0.497 e. The maximum Gasteiger partial charge on any atom is 0.183 e. The van der Waals surface area contributed by atoms with E-state index < -0.39 is 0 Å². The lowest BCUT2D eigenvalue weighted by atomic mass is 10.1. The number of anilines is 2. The van der Waals surface area contributed by atoms with E-state index in [1.165, 1.54) is 5.69 Å². The lowest BCUT2D eigenvalue weighted by molar-refractivity contribution is 0.414. The molecule has 1 aliphatic heterocycles. The summed E-state index contributed by atoms with van der Waals surface area (Å²) in [5.41, 5.74) is 1.56. The first-order valence-electron chi connectivity index (χ1n) is 7.59. The highest BCUT2D eigenvalue weighted by atomic mass is 16.5. The third-order valence-electron chi connectivity index (χ3n) is 4.12. The van der Waals surface area contributed by atoms with E-state index in [0.29, 0.717) is 11.5 Å². The molecule has 1 fully saturated rings. The fraction of sp³-hybridized carbons (Fsp3) is 0.353. The van der Waals surface area contributed by atoms with Crippen molar-refractivity contribution in [1.82, 2.24) is 9.97 Å². The molecule has 0 radical (unpaired) electrons. The monoisotopic (exact) mass is 309 g/mol. The van der Waals surface area contributed by atoms with E-state index in [2.05, 4.69) is 44.9 Å². The zero-order valence-corrected chi connectivity index (χ0v) is 13.3. The van der Waals surface area contributed by atoms with Crippen molar-refractivity contribution in [2.24, 2.45) is 0 Å². The Hall–Kier alpha value is -2.81. The summed E-state index contributed by atoms with van der Waals surface area (Å²) >= 11 is 0. The summed E-state index contributed by atoms with van der Waals surface area (Å²) < 4.78 is 5.21. The molecule has 6 heteroatoms. The minimum Gasteiger partial charge on any atom is -0.497 e. The average Bonchev–Trinajstić information content (AvgIpc) is 2.61. The second-order valence-corrected chi connectivity index (χ2v) is 5.53. The molecule has 1 aliphatic rings. The lowest BCUT2D eigenvalue weighted by Gasteiger charge is -2.41. The van der Waals surface area contributed by atoms with Gasteiger partial charge in [0.1, 0.15) is 11.8 Å². The van der Waals surface area contributed by atoms with Crippen LogP contribution in [0.15, 0.2) is 36.7 Å². The number of hydrogen-bond donors (Lipinski definition) is 0. The van der Waals surface area contributed by atoms with Gasteiger partial charge in [0.15, 0.2) is 11.5 Å². The number of aromatic nitrogens is 2. The first-order valence-corrected chi connectivity index (χ1v) is 7.59. The van der Waals surface area contributed by atoms with Crippen LogP contribution in [0.2, 0.25) is 0 Å². The molecule has 1 saturated heterocycles. The van der Waals surface area contributed by atoms with Crippen molar-refractivity contribution < 1.29 is 4.74 Å². The van der Waals surface area contributed by atoms with Crippen LogP contribution in [0, 0.1) is 11.3 Å². The van der Waals surface area contributed by atoms with E-state index in [1.807, 2.05) is 12.1 Å². The Labute approximate surface area is 136 Å². The van der Waals surface area contributed by atoms with Crippen molar-refractivity contribution in [3.8, 4) is 11.8 Å². The smallest absolute Gasteiger partial charge is 0.183 e. The SMILES string of the molecule is COc1ccc(N2CCN(c3nccnc3C#N)C(C)C2)cc1. The molecule has 6 nitrogen and oxygen atoms in total. The number of nitrogens with zero attached hydrogens (tertiary/aromatic N) is 5. The quantitative estimate of drug-likeness (QED) is 0.865.